The van der Waals surface area contributed by atoms with Gasteiger partial charge in [-0.25, -0.2) is 0 Å². The maximum atomic E-state index is 11.5. The van der Waals surface area contributed by atoms with Crippen molar-refractivity contribution in [3.63, 3.8) is 0 Å². The van der Waals surface area contributed by atoms with Crippen LogP contribution in [-0.4, -0.2) is 31.4 Å². The predicted molar refractivity (Wildman–Crippen MR) is 53.0 cm³/mol. The van der Waals surface area contributed by atoms with Gasteiger partial charge in [0, 0.05) is 18.6 Å². The van der Waals surface area contributed by atoms with Gasteiger partial charge in [-0.1, -0.05) is 0 Å². The summed E-state index contributed by atoms with van der Waals surface area (Å²) < 4.78 is 1.25. The van der Waals surface area contributed by atoms with Crippen LogP contribution in [0.15, 0.2) is 11.0 Å². The lowest BCUT2D eigenvalue weighted by atomic mass is 10.2. The van der Waals surface area contributed by atoms with Crippen LogP contribution in [0.3, 0.4) is 0 Å². The van der Waals surface area contributed by atoms with Crippen LogP contribution in [0, 0.1) is 6.92 Å². The smallest absolute Gasteiger partial charge is 0.258 e. The zero-order chi connectivity index (χ0) is 11.0. The maximum absolute atomic E-state index is 11.5. The number of aliphatic hydroxyl groups excluding tert-OH is 1. The topological polar surface area (TPSA) is 90.6 Å². The van der Waals surface area contributed by atoms with E-state index in [0.29, 0.717) is 5.65 Å². The number of nitrogens with zero attached hydrogens (tertiary/aromatic N) is 2. The van der Waals surface area contributed by atoms with Gasteiger partial charge in [0.2, 0.25) is 5.88 Å². The van der Waals surface area contributed by atoms with E-state index in [1.54, 1.807) is 13.1 Å². The first kappa shape index (κ1) is 9.72. The Labute approximate surface area is 84.8 Å². The number of fused-ring (bicyclic) bond motifs is 1. The van der Waals surface area contributed by atoms with E-state index in [2.05, 4.69) is 10.1 Å². The molecule has 2 rings (SSSR count). The summed E-state index contributed by atoms with van der Waals surface area (Å²) in [5, 5.41) is 22.4. The zero-order valence-electron chi connectivity index (χ0n) is 8.19. The van der Waals surface area contributed by atoms with Gasteiger partial charge in [0.25, 0.3) is 5.56 Å². The van der Waals surface area contributed by atoms with Crippen molar-refractivity contribution in [3.8, 4) is 5.88 Å². The van der Waals surface area contributed by atoms with E-state index in [4.69, 9.17) is 5.11 Å². The third kappa shape index (κ3) is 1.39. The summed E-state index contributed by atoms with van der Waals surface area (Å²) in [6, 6.07) is 0. The Morgan fingerprint density at radius 3 is 3.00 bits per heavy atom. The monoisotopic (exact) mass is 209 g/mol. The molecule has 0 bridgehead atoms. The lowest BCUT2D eigenvalue weighted by molar-refractivity contribution is 0.295. The molecule has 0 aliphatic rings. The molecule has 80 valence electrons. The number of hydrogen-bond donors (Lipinski definition) is 3. The van der Waals surface area contributed by atoms with Crippen LogP contribution in [0.1, 0.15) is 11.1 Å². The molecule has 0 saturated carbocycles. The number of aryl methyl sites for hydroxylation is 1. The molecular formula is C9H11N3O3. The number of aromatic hydroxyl groups is 1. The fraction of sp³-hybridized carbons (Fsp3) is 0.333. The van der Waals surface area contributed by atoms with E-state index in [1.807, 2.05) is 0 Å². The molecule has 6 nitrogen and oxygen atoms in total. The summed E-state index contributed by atoms with van der Waals surface area (Å²) in [4.78, 5) is 14.1. The number of aromatic amines is 1. The highest BCUT2D eigenvalue weighted by atomic mass is 16.3. The first-order valence-electron chi connectivity index (χ1n) is 4.54. The number of H-pyrrole nitrogens is 1. The van der Waals surface area contributed by atoms with Crippen LogP contribution in [0.25, 0.3) is 5.65 Å². The number of nitrogens with one attached hydrogen (secondary N) is 1. The van der Waals surface area contributed by atoms with Crippen LogP contribution < -0.4 is 5.56 Å². The maximum Gasteiger partial charge on any atom is 0.258 e. The Morgan fingerprint density at radius 2 is 2.33 bits per heavy atom. The first-order valence-corrected chi connectivity index (χ1v) is 4.54. The van der Waals surface area contributed by atoms with Crippen LogP contribution in [-0.2, 0) is 6.42 Å². The number of aromatic nitrogens is 3. The van der Waals surface area contributed by atoms with Gasteiger partial charge in [0.1, 0.15) is 5.65 Å². The Kier molecular flexibility index (Phi) is 2.20. The zero-order valence-corrected chi connectivity index (χ0v) is 8.19. The van der Waals surface area contributed by atoms with Crippen molar-refractivity contribution < 1.29 is 10.2 Å². The Hall–Kier alpha value is -1.82. The van der Waals surface area contributed by atoms with Crippen molar-refractivity contribution in [1.82, 2.24) is 14.6 Å². The second-order valence-electron chi connectivity index (χ2n) is 3.32. The number of aliphatic hydroxyl groups is 1. The molecule has 0 amide bonds. The van der Waals surface area contributed by atoms with E-state index in [1.165, 1.54) is 4.52 Å². The molecule has 0 aliphatic carbocycles. The Morgan fingerprint density at radius 1 is 1.60 bits per heavy atom. The van der Waals surface area contributed by atoms with Crippen LogP contribution >= 0.6 is 0 Å². The fourth-order valence-corrected chi connectivity index (χ4v) is 1.49. The lowest BCUT2D eigenvalue weighted by Crippen LogP contribution is -2.17. The summed E-state index contributed by atoms with van der Waals surface area (Å²) in [5.74, 6) is -0.212. The minimum atomic E-state index is -0.391. The Balaban J connectivity index is 2.79. The summed E-state index contributed by atoms with van der Waals surface area (Å²) in [6.07, 6.45) is 1.66. The molecule has 0 radical (unpaired) electrons. The van der Waals surface area contributed by atoms with Crippen LogP contribution in [0.2, 0.25) is 0 Å². The molecule has 2 heterocycles. The minimum absolute atomic E-state index is 0.107. The van der Waals surface area contributed by atoms with Gasteiger partial charge >= 0.3 is 0 Å². The van der Waals surface area contributed by atoms with Gasteiger partial charge < -0.3 is 15.2 Å². The minimum Gasteiger partial charge on any atom is -0.493 e. The summed E-state index contributed by atoms with van der Waals surface area (Å²) in [7, 11) is 0. The fourth-order valence-electron chi connectivity index (χ4n) is 1.49. The second kappa shape index (κ2) is 3.39. The van der Waals surface area contributed by atoms with Crippen molar-refractivity contribution in [2.45, 2.75) is 13.3 Å². The first-order chi connectivity index (χ1) is 7.15. The van der Waals surface area contributed by atoms with E-state index in [0.717, 1.165) is 5.56 Å². The Bertz CT molecular complexity index is 555. The van der Waals surface area contributed by atoms with Crippen molar-refractivity contribution >= 4 is 5.65 Å². The molecule has 0 aromatic carbocycles. The molecule has 0 fully saturated rings. The van der Waals surface area contributed by atoms with E-state index in [9.17, 15) is 9.90 Å². The quantitative estimate of drug-likeness (QED) is 0.626. The largest absolute Gasteiger partial charge is 0.493 e. The second-order valence-corrected chi connectivity index (χ2v) is 3.32. The molecule has 0 aliphatic heterocycles. The van der Waals surface area contributed by atoms with Crippen molar-refractivity contribution in [2.75, 3.05) is 6.61 Å². The molecular weight excluding hydrogens is 198 g/mol. The summed E-state index contributed by atoms with van der Waals surface area (Å²) >= 11 is 0. The van der Waals surface area contributed by atoms with E-state index < -0.39 is 5.56 Å². The average molecular weight is 209 g/mol. The molecule has 0 saturated heterocycles. The van der Waals surface area contributed by atoms with E-state index in [-0.39, 0.29) is 24.5 Å². The van der Waals surface area contributed by atoms with E-state index >= 15 is 0 Å². The van der Waals surface area contributed by atoms with Gasteiger partial charge in [0.15, 0.2) is 0 Å². The molecule has 6 heteroatoms. The van der Waals surface area contributed by atoms with Gasteiger partial charge in [-0.05, 0) is 6.92 Å². The van der Waals surface area contributed by atoms with Crippen LogP contribution in [0.5, 0.6) is 5.88 Å². The normalized spacial score (nSPS) is 11.1. The third-order valence-electron chi connectivity index (χ3n) is 2.29. The highest BCUT2D eigenvalue weighted by Gasteiger charge is 2.13. The van der Waals surface area contributed by atoms with Crippen molar-refractivity contribution in [2.24, 2.45) is 0 Å². The molecule has 15 heavy (non-hydrogen) atoms. The van der Waals surface area contributed by atoms with Gasteiger partial charge in [-0.2, -0.15) is 9.61 Å². The highest BCUT2D eigenvalue weighted by Crippen LogP contribution is 2.15. The molecule has 2 aromatic heterocycles. The SMILES string of the molecule is Cc1cnn2c(O)c(CCO)c(=O)[nH]c12. The predicted octanol–water partition coefficient (Wildman–Crippen LogP) is -0.429. The molecule has 2 aromatic rings. The number of hydrogen-bond acceptors (Lipinski definition) is 4. The highest BCUT2D eigenvalue weighted by molar-refractivity contribution is 5.48. The molecule has 3 N–H and O–H groups in total. The lowest BCUT2D eigenvalue weighted by Gasteiger charge is -2.03. The third-order valence-corrected chi connectivity index (χ3v) is 2.29. The molecule has 0 unspecified atom stereocenters. The molecule has 0 spiro atoms. The van der Waals surface area contributed by atoms with Gasteiger partial charge in [0.05, 0.1) is 11.8 Å². The average Bonchev–Trinajstić information content (AvgIpc) is 2.55. The van der Waals surface area contributed by atoms with Crippen molar-refractivity contribution in [3.05, 3.63) is 27.7 Å². The summed E-state index contributed by atoms with van der Waals surface area (Å²) in [5.41, 5.74) is 1.00. The molecule has 0 atom stereocenters. The van der Waals surface area contributed by atoms with Crippen molar-refractivity contribution in [1.29, 1.82) is 0 Å². The van der Waals surface area contributed by atoms with Gasteiger partial charge in [-0.3, -0.25) is 4.79 Å². The number of rotatable bonds is 2. The standard InChI is InChI=1S/C9H11N3O3/c1-5-4-10-12-7(5)11-8(14)6(2-3-13)9(12)15/h4,13,15H,2-3H2,1H3,(H,11,14). The van der Waals surface area contributed by atoms with Gasteiger partial charge in [-0.15, -0.1) is 0 Å². The van der Waals surface area contributed by atoms with Crippen LogP contribution in [0.4, 0.5) is 0 Å². The summed E-state index contributed by atoms with van der Waals surface area (Å²) in [6.45, 7) is 1.59.